The summed E-state index contributed by atoms with van der Waals surface area (Å²) in [5.74, 6) is 1.30. The van der Waals surface area contributed by atoms with E-state index in [0.29, 0.717) is 25.5 Å². The van der Waals surface area contributed by atoms with E-state index in [1.165, 1.54) is 5.56 Å². The Morgan fingerprint density at radius 3 is 3.08 bits per heavy atom. The van der Waals surface area contributed by atoms with Gasteiger partial charge >= 0.3 is 0 Å². The van der Waals surface area contributed by atoms with E-state index in [-0.39, 0.29) is 5.91 Å². The van der Waals surface area contributed by atoms with Crippen molar-refractivity contribution in [1.82, 2.24) is 10.3 Å². The highest BCUT2D eigenvalue weighted by molar-refractivity contribution is 7.14. The molecule has 1 aliphatic rings. The zero-order valence-electron chi connectivity index (χ0n) is 13.6. The molecule has 128 valence electrons. The average Bonchev–Trinajstić information content (AvgIpc) is 3.31. The third-order valence-electron chi connectivity index (χ3n) is 4.21. The van der Waals surface area contributed by atoms with Gasteiger partial charge in [0.15, 0.2) is 0 Å². The van der Waals surface area contributed by atoms with Crippen LogP contribution in [0.3, 0.4) is 0 Å². The molecule has 1 atom stereocenters. The summed E-state index contributed by atoms with van der Waals surface area (Å²) in [7, 11) is 0. The molecule has 1 unspecified atom stereocenters. The maximum Gasteiger partial charge on any atom is 0.226 e. The fourth-order valence-electron chi connectivity index (χ4n) is 2.91. The summed E-state index contributed by atoms with van der Waals surface area (Å²) < 4.78 is 5.77. The molecule has 6 heteroatoms. The highest BCUT2D eigenvalue weighted by Crippen LogP contribution is 2.27. The van der Waals surface area contributed by atoms with Crippen LogP contribution in [-0.2, 0) is 17.6 Å². The zero-order chi connectivity index (χ0) is 17.1. The molecule has 1 aromatic carbocycles. The lowest BCUT2D eigenvalue weighted by Gasteiger charge is -2.25. The lowest BCUT2D eigenvalue weighted by atomic mass is 9.97. The van der Waals surface area contributed by atoms with Crippen LogP contribution < -0.4 is 10.1 Å². The number of nitrogens with one attached hydrogen (secondary N) is 1. The molecule has 0 saturated heterocycles. The molecule has 0 radical (unpaired) electrons. The molecule has 4 nitrogen and oxygen atoms in total. The van der Waals surface area contributed by atoms with Gasteiger partial charge in [-0.3, -0.25) is 4.79 Å². The Labute approximate surface area is 154 Å². The van der Waals surface area contributed by atoms with Crippen LogP contribution in [0.25, 0.3) is 10.6 Å². The van der Waals surface area contributed by atoms with Crippen molar-refractivity contribution in [3.05, 3.63) is 57.7 Å². The topological polar surface area (TPSA) is 51.2 Å². The number of thiazole rings is 1. The molecule has 25 heavy (non-hydrogen) atoms. The van der Waals surface area contributed by atoms with Gasteiger partial charge in [-0.15, -0.1) is 11.3 Å². The highest BCUT2D eigenvalue weighted by Gasteiger charge is 2.20. The summed E-state index contributed by atoms with van der Waals surface area (Å²) >= 11 is 3.24. The minimum absolute atomic E-state index is 0.0148. The van der Waals surface area contributed by atoms with Crippen molar-refractivity contribution < 1.29 is 9.53 Å². The smallest absolute Gasteiger partial charge is 0.226 e. The van der Waals surface area contributed by atoms with Gasteiger partial charge in [-0.25, -0.2) is 4.98 Å². The molecule has 0 bridgehead atoms. The van der Waals surface area contributed by atoms with E-state index in [1.807, 2.05) is 35.0 Å². The summed E-state index contributed by atoms with van der Waals surface area (Å²) in [5.41, 5.74) is 3.17. The van der Waals surface area contributed by atoms with Gasteiger partial charge in [0.25, 0.3) is 0 Å². The van der Waals surface area contributed by atoms with E-state index in [2.05, 4.69) is 21.7 Å². The van der Waals surface area contributed by atoms with Crippen molar-refractivity contribution in [2.75, 3.05) is 13.2 Å². The number of ether oxygens (including phenoxy) is 1. The second-order valence-corrected chi connectivity index (χ2v) is 7.76. The monoisotopic (exact) mass is 370 g/mol. The van der Waals surface area contributed by atoms with Crippen LogP contribution in [0.15, 0.2) is 46.5 Å². The highest BCUT2D eigenvalue weighted by atomic mass is 32.1. The Kier molecular flexibility index (Phi) is 4.81. The lowest BCUT2D eigenvalue weighted by molar-refractivity contribution is -0.120. The Balaban J connectivity index is 1.29. The normalized spacial score (nSPS) is 16.1. The Bertz CT molecular complexity index is 858. The first kappa shape index (κ1) is 16.3. The average molecular weight is 370 g/mol. The summed E-state index contributed by atoms with van der Waals surface area (Å²) in [4.78, 5) is 16.8. The van der Waals surface area contributed by atoms with Gasteiger partial charge < -0.3 is 10.1 Å². The van der Waals surface area contributed by atoms with E-state index in [0.717, 1.165) is 28.4 Å². The lowest BCUT2D eigenvalue weighted by Crippen LogP contribution is -2.35. The molecule has 0 aliphatic carbocycles. The standard InChI is InChI=1S/C19H18N2O2S2/c22-18(8-16-12-25-19(21-16)15-5-6-24-11-15)20-9-13-7-14-3-1-2-4-17(14)23-10-13/h1-6,11-13H,7-10H2,(H,20,22). The number of aromatic nitrogens is 1. The number of amides is 1. The zero-order valence-corrected chi connectivity index (χ0v) is 15.2. The van der Waals surface area contributed by atoms with E-state index in [9.17, 15) is 4.79 Å². The second kappa shape index (κ2) is 7.37. The minimum atomic E-state index is 0.0148. The van der Waals surface area contributed by atoms with Gasteiger partial charge in [0, 0.05) is 28.8 Å². The first-order chi connectivity index (χ1) is 12.3. The van der Waals surface area contributed by atoms with Crippen molar-refractivity contribution >= 4 is 28.6 Å². The quantitative estimate of drug-likeness (QED) is 0.744. The second-order valence-electron chi connectivity index (χ2n) is 6.13. The number of hydrogen-bond acceptors (Lipinski definition) is 5. The van der Waals surface area contributed by atoms with Crippen molar-refractivity contribution in [2.45, 2.75) is 12.8 Å². The van der Waals surface area contributed by atoms with Gasteiger partial charge in [-0.2, -0.15) is 11.3 Å². The third-order valence-corrected chi connectivity index (χ3v) is 5.83. The van der Waals surface area contributed by atoms with E-state index in [1.54, 1.807) is 22.7 Å². The fourth-order valence-corrected chi connectivity index (χ4v) is 4.45. The predicted octanol–water partition coefficient (Wildman–Crippen LogP) is 3.78. The number of para-hydroxylation sites is 1. The van der Waals surface area contributed by atoms with E-state index >= 15 is 0 Å². The molecule has 0 saturated carbocycles. The number of benzene rings is 1. The molecule has 1 N–H and O–H groups in total. The number of nitrogens with zero attached hydrogens (tertiary/aromatic N) is 1. The first-order valence-corrected chi connectivity index (χ1v) is 10.0. The van der Waals surface area contributed by atoms with E-state index < -0.39 is 0 Å². The van der Waals surface area contributed by atoms with Crippen LogP contribution in [0.5, 0.6) is 5.75 Å². The van der Waals surface area contributed by atoms with Gasteiger partial charge in [-0.1, -0.05) is 18.2 Å². The third kappa shape index (κ3) is 3.91. The summed E-state index contributed by atoms with van der Waals surface area (Å²) in [6.07, 6.45) is 1.26. The molecule has 4 rings (SSSR count). The number of carbonyl (C=O) groups is 1. The number of thiophene rings is 1. The van der Waals surface area contributed by atoms with Crippen molar-refractivity contribution in [2.24, 2.45) is 5.92 Å². The van der Waals surface area contributed by atoms with Crippen LogP contribution in [-0.4, -0.2) is 24.0 Å². The van der Waals surface area contributed by atoms with Gasteiger partial charge in [0.1, 0.15) is 10.8 Å². The number of carbonyl (C=O) groups excluding carboxylic acids is 1. The van der Waals surface area contributed by atoms with Gasteiger partial charge in [0.05, 0.1) is 18.7 Å². The molecule has 2 aromatic heterocycles. The van der Waals surface area contributed by atoms with Crippen LogP contribution in [0.2, 0.25) is 0 Å². The van der Waals surface area contributed by atoms with Crippen LogP contribution >= 0.6 is 22.7 Å². The van der Waals surface area contributed by atoms with Crippen molar-refractivity contribution in [3.63, 3.8) is 0 Å². The minimum Gasteiger partial charge on any atom is -0.493 e. The molecule has 3 heterocycles. The van der Waals surface area contributed by atoms with Crippen molar-refractivity contribution in [3.8, 4) is 16.3 Å². The Hall–Kier alpha value is -2.18. The first-order valence-electron chi connectivity index (χ1n) is 8.22. The number of hydrogen-bond donors (Lipinski definition) is 1. The molecular formula is C19H18N2O2S2. The molecular weight excluding hydrogens is 352 g/mol. The Morgan fingerprint density at radius 2 is 2.20 bits per heavy atom. The van der Waals surface area contributed by atoms with Gasteiger partial charge in [-0.05, 0) is 29.5 Å². The van der Waals surface area contributed by atoms with E-state index in [4.69, 9.17) is 4.74 Å². The van der Waals surface area contributed by atoms with Gasteiger partial charge in [0.2, 0.25) is 5.91 Å². The molecule has 0 fully saturated rings. The van der Waals surface area contributed by atoms with Crippen LogP contribution in [0, 0.1) is 5.92 Å². The molecule has 1 aliphatic heterocycles. The SMILES string of the molecule is O=C(Cc1csc(-c2ccsc2)n1)NCC1COc2ccccc2C1. The maximum atomic E-state index is 12.2. The Morgan fingerprint density at radius 1 is 1.28 bits per heavy atom. The maximum absolute atomic E-state index is 12.2. The number of fused-ring (bicyclic) bond motifs is 1. The summed E-state index contributed by atoms with van der Waals surface area (Å²) in [5, 5.41) is 10.1. The largest absolute Gasteiger partial charge is 0.493 e. The summed E-state index contributed by atoms with van der Waals surface area (Å²) in [6, 6.07) is 10.1. The van der Waals surface area contributed by atoms with Crippen LogP contribution in [0.4, 0.5) is 0 Å². The molecule has 0 spiro atoms. The van der Waals surface area contributed by atoms with Crippen LogP contribution in [0.1, 0.15) is 11.3 Å². The predicted molar refractivity (Wildman–Crippen MR) is 101 cm³/mol. The molecule has 1 amide bonds. The summed E-state index contributed by atoms with van der Waals surface area (Å²) in [6.45, 7) is 1.28. The number of rotatable bonds is 5. The fraction of sp³-hybridized carbons (Fsp3) is 0.263. The molecule has 3 aromatic rings. The van der Waals surface area contributed by atoms with Crippen molar-refractivity contribution in [1.29, 1.82) is 0 Å².